The van der Waals surface area contributed by atoms with Gasteiger partial charge in [-0.15, -0.1) is 11.6 Å². The molecule has 0 aromatic carbocycles. The fraction of sp³-hybridized carbons (Fsp3) is 0.733. The van der Waals surface area contributed by atoms with Gasteiger partial charge in [-0.05, 0) is 32.1 Å². The van der Waals surface area contributed by atoms with Gasteiger partial charge in [0.25, 0.3) is 0 Å². The average molecular weight is 295 g/mol. The molecule has 1 atom stereocenters. The Labute approximate surface area is 125 Å². The van der Waals surface area contributed by atoms with E-state index in [0.717, 1.165) is 29.2 Å². The Balaban J connectivity index is 2.27. The van der Waals surface area contributed by atoms with E-state index in [0.29, 0.717) is 17.3 Å². The molecule has 5 heteroatoms. The molecule has 0 aliphatic heterocycles. The van der Waals surface area contributed by atoms with Crippen molar-refractivity contribution in [3.8, 4) is 0 Å². The van der Waals surface area contributed by atoms with Crippen molar-refractivity contribution >= 4 is 22.8 Å². The van der Waals surface area contributed by atoms with E-state index < -0.39 is 0 Å². The fourth-order valence-corrected chi connectivity index (χ4v) is 3.85. The molecule has 20 heavy (non-hydrogen) atoms. The molecule has 0 amide bonds. The quantitative estimate of drug-likeness (QED) is 0.801. The first-order valence-electron chi connectivity index (χ1n) is 7.49. The number of hydrogen-bond donors (Lipinski definition) is 0. The van der Waals surface area contributed by atoms with Gasteiger partial charge in [-0.2, -0.15) is 5.10 Å². The van der Waals surface area contributed by atoms with Crippen LogP contribution >= 0.6 is 11.6 Å². The highest BCUT2D eigenvalue weighted by atomic mass is 35.5. The van der Waals surface area contributed by atoms with Gasteiger partial charge in [0.05, 0.1) is 11.6 Å². The highest BCUT2D eigenvalue weighted by Crippen LogP contribution is 2.47. The smallest absolute Gasteiger partial charge is 0.159 e. The van der Waals surface area contributed by atoms with Gasteiger partial charge in [0.1, 0.15) is 11.3 Å². The number of aryl methyl sites for hydroxylation is 2. The van der Waals surface area contributed by atoms with Crippen LogP contribution in [0.25, 0.3) is 11.2 Å². The Bertz CT molecular complexity index is 638. The lowest BCUT2D eigenvalue weighted by molar-refractivity contribution is 0.259. The monoisotopic (exact) mass is 294 g/mol. The molecule has 1 aliphatic carbocycles. The fourth-order valence-electron chi connectivity index (χ4n) is 3.66. The van der Waals surface area contributed by atoms with Gasteiger partial charge in [-0.3, -0.25) is 0 Å². The molecular formula is C15H23ClN4. The topological polar surface area (TPSA) is 35.6 Å². The second-order valence-corrected chi connectivity index (χ2v) is 6.77. The Kier molecular flexibility index (Phi) is 3.32. The van der Waals surface area contributed by atoms with Crippen molar-refractivity contribution in [2.75, 3.05) is 0 Å². The van der Waals surface area contributed by atoms with Crippen LogP contribution in [0.15, 0.2) is 0 Å². The standard InChI is InChI=1S/C15H23ClN4/c1-5-19-14-13(10(2)18-19)17-12(9-16)20(14)11-7-6-8-15(11,3)4/h11H,5-9H2,1-4H3. The Hall–Kier alpha value is -1.03. The SMILES string of the molecule is CCn1nc(C)c2nc(CCl)n(C3CCCC3(C)C)c21. The van der Waals surface area contributed by atoms with Crippen LogP contribution in [0, 0.1) is 12.3 Å². The van der Waals surface area contributed by atoms with Crippen LogP contribution in [0.2, 0.25) is 0 Å². The lowest BCUT2D eigenvalue weighted by atomic mass is 9.87. The first-order valence-corrected chi connectivity index (χ1v) is 8.03. The van der Waals surface area contributed by atoms with Gasteiger partial charge in [-0.1, -0.05) is 20.3 Å². The summed E-state index contributed by atoms with van der Waals surface area (Å²) in [7, 11) is 0. The highest BCUT2D eigenvalue weighted by Gasteiger charge is 2.38. The van der Waals surface area contributed by atoms with Gasteiger partial charge in [0, 0.05) is 12.6 Å². The van der Waals surface area contributed by atoms with Crippen molar-refractivity contribution in [1.82, 2.24) is 19.3 Å². The number of imidazole rings is 1. The van der Waals surface area contributed by atoms with Crippen molar-refractivity contribution in [2.45, 2.75) is 65.4 Å². The van der Waals surface area contributed by atoms with Crippen LogP contribution in [-0.2, 0) is 12.4 Å². The van der Waals surface area contributed by atoms with Crippen molar-refractivity contribution in [3.05, 3.63) is 11.5 Å². The molecule has 2 aromatic heterocycles. The van der Waals surface area contributed by atoms with Crippen LogP contribution in [0.3, 0.4) is 0 Å². The van der Waals surface area contributed by atoms with Crippen molar-refractivity contribution in [2.24, 2.45) is 5.41 Å². The second-order valence-electron chi connectivity index (χ2n) is 6.50. The molecule has 2 aromatic rings. The van der Waals surface area contributed by atoms with Crippen molar-refractivity contribution in [3.63, 3.8) is 0 Å². The van der Waals surface area contributed by atoms with Gasteiger partial charge in [-0.25, -0.2) is 9.67 Å². The van der Waals surface area contributed by atoms with Crippen LogP contribution in [0.4, 0.5) is 0 Å². The van der Waals surface area contributed by atoms with E-state index in [1.54, 1.807) is 0 Å². The zero-order valence-electron chi connectivity index (χ0n) is 12.8. The minimum atomic E-state index is 0.297. The van der Waals surface area contributed by atoms with E-state index in [-0.39, 0.29) is 0 Å². The van der Waals surface area contributed by atoms with E-state index in [4.69, 9.17) is 16.6 Å². The van der Waals surface area contributed by atoms with E-state index in [9.17, 15) is 0 Å². The average Bonchev–Trinajstić information content (AvgIpc) is 3.02. The molecular weight excluding hydrogens is 272 g/mol. The highest BCUT2D eigenvalue weighted by molar-refractivity contribution is 6.16. The number of halogens is 1. The summed E-state index contributed by atoms with van der Waals surface area (Å²) in [5, 5.41) is 4.61. The largest absolute Gasteiger partial charge is 0.308 e. The maximum atomic E-state index is 6.17. The van der Waals surface area contributed by atoms with Gasteiger partial charge < -0.3 is 4.57 Å². The minimum Gasteiger partial charge on any atom is -0.308 e. The molecule has 1 saturated carbocycles. The van der Waals surface area contributed by atoms with E-state index in [1.807, 2.05) is 6.92 Å². The molecule has 1 aliphatic rings. The maximum Gasteiger partial charge on any atom is 0.159 e. The van der Waals surface area contributed by atoms with Crippen molar-refractivity contribution < 1.29 is 0 Å². The lowest BCUT2D eigenvalue weighted by Crippen LogP contribution is -2.24. The van der Waals surface area contributed by atoms with E-state index in [2.05, 4.69) is 35.1 Å². The summed E-state index contributed by atoms with van der Waals surface area (Å²) < 4.78 is 4.45. The molecule has 0 N–H and O–H groups in total. The molecule has 0 saturated heterocycles. The van der Waals surface area contributed by atoms with Crippen LogP contribution in [0.5, 0.6) is 0 Å². The van der Waals surface area contributed by atoms with Gasteiger partial charge in [0.15, 0.2) is 5.65 Å². The first-order chi connectivity index (χ1) is 9.49. The molecule has 0 radical (unpaired) electrons. The normalized spacial score (nSPS) is 21.9. The summed E-state index contributed by atoms with van der Waals surface area (Å²) in [6.45, 7) is 9.74. The summed E-state index contributed by atoms with van der Waals surface area (Å²) in [6.07, 6.45) is 3.74. The third-order valence-corrected chi connectivity index (χ3v) is 4.99. The predicted molar refractivity (Wildman–Crippen MR) is 82.2 cm³/mol. The lowest BCUT2D eigenvalue weighted by Gasteiger charge is -2.29. The van der Waals surface area contributed by atoms with Gasteiger partial charge >= 0.3 is 0 Å². The summed E-state index contributed by atoms with van der Waals surface area (Å²) in [5.74, 6) is 1.45. The number of nitrogens with zero attached hydrogens (tertiary/aromatic N) is 4. The predicted octanol–water partition coefficient (Wildman–Crippen LogP) is 4.05. The summed E-state index contributed by atoms with van der Waals surface area (Å²) in [5.41, 5.74) is 3.47. The van der Waals surface area contributed by atoms with Crippen LogP contribution in [-0.4, -0.2) is 19.3 Å². The molecule has 1 fully saturated rings. The summed E-state index contributed by atoms with van der Waals surface area (Å²) in [6, 6.07) is 0.475. The molecule has 110 valence electrons. The molecule has 1 unspecified atom stereocenters. The summed E-state index contributed by atoms with van der Waals surface area (Å²) in [4.78, 5) is 4.76. The zero-order chi connectivity index (χ0) is 14.5. The zero-order valence-corrected chi connectivity index (χ0v) is 13.5. The van der Waals surface area contributed by atoms with Crippen LogP contribution < -0.4 is 0 Å². The molecule has 0 spiro atoms. The molecule has 0 bridgehead atoms. The third kappa shape index (κ3) is 1.88. The Morgan fingerprint density at radius 2 is 2.15 bits per heavy atom. The van der Waals surface area contributed by atoms with Crippen molar-refractivity contribution in [1.29, 1.82) is 0 Å². The first kappa shape index (κ1) is 13.9. The Morgan fingerprint density at radius 1 is 1.40 bits per heavy atom. The number of fused-ring (bicyclic) bond motifs is 1. The van der Waals surface area contributed by atoms with Crippen LogP contribution in [0.1, 0.15) is 57.6 Å². The molecule has 2 heterocycles. The maximum absolute atomic E-state index is 6.17. The van der Waals surface area contributed by atoms with E-state index >= 15 is 0 Å². The number of hydrogen-bond acceptors (Lipinski definition) is 2. The third-order valence-electron chi connectivity index (χ3n) is 4.75. The molecule has 3 rings (SSSR count). The second kappa shape index (κ2) is 4.76. The van der Waals surface area contributed by atoms with E-state index in [1.165, 1.54) is 19.3 Å². The number of alkyl halides is 1. The summed E-state index contributed by atoms with van der Waals surface area (Å²) >= 11 is 6.17. The number of aromatic nitrogens is 4. The minimum absolute atomic E-state index is 0.297. The van der Waals surface area contributed by atoms with Gasteiger partial charge in [0.2, 0.25) is 0 Å². The molecule has 4 nitrogen and oxygen atoms in total. The Morgan fingerprint density at radius 3 is 2.70 bits per heavy atom. The number of rotatable bonds is 3.